The van der Waals surface area contributed by atoms with Crippen LogP contribution in [0.5, 0.6) is 0 Å². The molecule has 8 heteroatoms. The quantitative estimate of drug-likeness (QED) is 0.828. The van der Waals surface area contributed by atoms with E-state index in [2.05, 4.69) is 15.3 Å². The lowest BCUT2D eigenvalue weighted by molar-refractivity contribution is 0.277. The Kier molecular flexibility index (Phi) is 5.96. The highest BCUT2D eigenvalue weighted by Crippen LogP contribution is 2.25. The van der Waals surface area contributed by atoms with Gasteiger partial charge in [0.25, 0.3) is 5.56 Å². The van der Waals surface area contributed by atoms with E-state index in [-0.39, 0.29) is 17.2 Å². The van der Waals surface area contributed by atoms with Crippen LogP contribution in [0.2, 0.25) is 10.0 Å². The van der Waals surface area contributed by atoms with Crippen LogP contribution in [0.25, 0.3) is 5.69 Å². The average molecular weight is 383 g/mol. The van der Waals surface area contributed by atoms with Gasteiger partial charge >= 0.3 is 0 Å². The summed E-state index contributed by atoms with van der Waals surface area (Å²) < 4.78 is 1.28. The van der Waals surface area contributed by atoms with Gasteiger partial charge in [-0.05, 0) is 37.1 Å². The lowest BCUT2D eigenvalue weighted by Crippen LogP contribution is -2.44. The Balaban J connectivity index is 1.77. The first-order valence-electron chi connectivity index (χ1n) is 8.23. The zero-order valence-electron chi connectivity index (χ0n) is 13.7. The molecule has 0 spiro atoms. The fourth-order valence-electron chi connectivity index (χ4n) is 3.00. The summed E-state index contributed by atoms with van der Waals surface area (Å²) in [5, 5.41) is 17.2. The number of hydrogen-bond acceptors (Lipinski definition) is 5. The minimum absolute atomic E-state index is 0.138. The van der Waals surface area contributed by atoms with Gasteiger partial charge in [-0.3, -0.25) is 4.79 Å². The van der Waals surface area contributed by atoms with Crippen LogP contribution in [0.3, 0.4) is 0 Å². The maximum atomic E-state index is 12.6. The minimum atomic E-state index is -0.345. The Morgan fingerprint density at radius 3 is 2.52 bits per heavy atom. The first-order chi connectivity index (χ1) is 12.1. The average Bonchev–Trinajstić information content (AvgIpc) is 2.64. The van der Waals surface area contributed by atoms with Crippen molar-refractivity contribution in [2.75, 3.05) is 31.1 Å². The Morgan fingerprint density at radius 2 is 1.88 bits per heavy atom. The number of halogens is 2. The summed E-state index contributed by atoms with van der Waals surface area (Å²) in [4.78, 5) is 14.7. The third kappa shape index (κ3) is 4.15. The summed E-state index contributed by atoms with van der Waals surface area (Å²) in [6.45, 7) is 2.31. The number of aliphatic hydroxyl groups is 1. The standard InChI is InChI=1S/C17H20Cl2N4O2/c18-12-1-3-14(4-2-12)23-17(25)16(19)15(11-21-23)22-8-5-13(6-9-22)20-7-10-24/h1-4,11,13,20,24H,5-10H2. The van der Waals surface area contributed by atoms with Crippen LogP contribution in [0.15, 0.2) is 35.3 Å². The van der Waals surface area contributed by atoms with Gasteiger partial charge in [0.2, 0.25) is 0 Å². The van der Waals surface area contributed by atoms with Gasteiger partial charge in [0.15, 0.2) is 0 Å². The third-order valence-electron chi connectivity index (χ3n) is 4.35. The van der Waals surface area contributed by atoms with Crippen LogP contribution in [-0.4, -0.2) is 47.2 Å². The number of piperidine rings is 1. The minimum Gasteiger partial charge on any atom is -0.395 e. The summed E-state index contributed by atoms with van der Waals surface area (Å²) >= 11 is 12.2. The molecule has 1 aliphatic rings. The number of aromatic nitrogens is 2. The maximum absolute atomic E-state index is 12.6. The van der Waals surface area contributed by atoms with Crippen LogP contribution in [0, 0.1) is 0 Å². The van der Waals surface area contributed by atoms with Gasteiger partial charge in [-0.1, -0.05) is 23.2 Å². The normalized spacial score (nSPS) is 15.6. The van der Waals surface area contributed by atoms with E-state index in [0.717, 1.165) is 25.9 Å². The molecule has 0 bridgehead atoms. The van der Waals surface area contributed by atoms with Crippen LogP contribution in [0.1, 0.15) is 12.8 Å². The molecular weight excluding hydrogens is 363 g/mol. The molecule has 1 aliphatic heterocycles. The second-order valence-electron chi connectivity index (χ2n) is 5.98. The summed E-state index contributed by atoms with van der Waals surface area (Å²) in [6.07, 6.45) is 3.49. The predicted octanol–water partition coefficient (Wildman–Crippen LogP) is 2.09. The van der Waals surface area contributed by atoms with E-state index < -0.39 is 0 Å². The van der Waals surface area contributed by atoms with Crippen molar-refractivity contribution >= 4 is 28.9 Å². The number of rotatable bonds is 5. The molecule has 2 N–H and O–H groups in total. The van der Waals surface area contributed by atoms with Gasteiger partial charge in [-0.15, -0.1) is 0 Å². The number of benzene rings is 1. The molecule has 0 aliphatic carbocycles. The topological polar surface area (TPSA) is 70.4 Å². The molecule has 6 nitrogen and oxygen atoms in total. The number of nitrogens with one attached hydrogen (secondary N) is 1. The number of nitrogens with zero attached hydrogens (tertiary/aromatic N) is 3. The summed E-state index contributed by atoms with van der Waals surface area (Å²) in [5.74, 6) is 0. The molecule has 3 rings (SSSR count). The monoisotopic (exact) mass is 382 g/mol. The molecule has 134 valence electrons. The van der Waals surface area contributed by atoms with Gasteiger partial charge in [0, 0.05) is 30.7 Å². The summed E-state index contributed by atoms with van der Waals surface area (Å²) in [5.41, 5.74) is 0.939. The molecule has 2 heterocycles. The van der Waals surface area contributed by atoms with E-state index in [0.29, 0.717) is 29.0 Å². The van der Waals surface area contributed by atoms with E-state index in [1.807, 2.05) is 0 Å². The van der Waals surface area contributed by atoms with Crippen molar-refractivity contribution in [2.45, 2.75) is 18.9 Å². The van der Waals surface area contributed by atoms with Gasteiger partial charge in [-0.25, -0.2) is 0 Å². The van der Waals surface area contributed by atoms with Crippen LogP contribution >= 0.6 is 23.2 Å². The third-order valence-corrected chi connectivity index (χ3v) is 4.96. The van der Waals surface area contributed by atoms with Crippen molar-refractivity contribution in [1.82, 2.24) is 15.1 Å². The van der Waals surface area contributed by atoms with E-state index in [1.54, 1.807) is 30.5 Å². The largest absolute Gasteiger partial charge is 0.395 e. The molecular formula is C17H20Cl2N4O2. The van der Waals surface area contributed by atoms with Crippen molar-refractivity contribution in [3.63, 3.8) is 0 Å². The maximum Gasteiger partial charge on any atom is 0.292 e. The lowest BCUT2D eigenvalue weighted by Gasteiger charge is -2.34. The highest BCUT2D eigenvalue weighted by Gasteiger charge is 2.22. The number of aliphatic hydroxyl groups excluding tert-OH is 1. The predicted molar refractivity (Wildman–Crippen MR) is 100 cm³/mol. The smallest absolute Gasteiger partial charge is 0.292 e. The van der Waals surface area contributed by atoms with E-state index in [4.69, 9.17) is 28.3 Å². The van der Waals surface area contributed by atoms with E-state index >= 15 is 0 Å². The van der Waals surface area contributed by atoms with Crippen LogP contribution in [0.4, 0.5) is 5.69 Å². The molecule has 1 aromatic heterocycles. The van der Waals surface area contributed by atoms with Crippen LogP contribution in [-0.2, 0) is 0 Å². The highest BCUT2D eigenvalue weighted by atomic mass is 35.5. The highest BCUT2D eigenvalue weighted by molar-refractivity contribution is 6.33. The van der Waals surface area contributed by atoms with E-state index in [1.165, 1.54) is 4.68 Å². The SMILES string of the molecule is O=c1c(Cl)c(N2CCC(NCCO)CC2)cnn1-c1ccc(Cl)cc1. The summed E-state index contributed by atoms with van der Waals surface area (Å²) in [7, 11) is 0. The van der Waals surface area contributed by atoms with E-state index in [9.17, 15) is 4.79 Å². The van der Waals surface area contributed by atoms with Gasteiger partial charge in [0.05, 0.1) is 24.2 Å². The summed E-state index contributed by atoms with van der Waals surface area (Å²) in [6, 6.07) is 7.24. The fourth-order valence-corrected chi connectivity index (χ4v) is 3.38. The molecule has 1 fully saturated rings. The molecule has 0 unspecified atom stereocenters. The molecule has 0 amide bonds. The zero-order chi connectivity index (χ0) is 17.8. The number of hydrogen-bond donors (Lipinski definition) is 2. The Labute approximate surface area is 156 Å². The first-order valence-corrected chi connectivity index (χ1v) is 8.98. The molecule has 0 saturated carbocycles. The number of anilines is 1. The Morgan fingerprint density at radius 1 is 1.20 bits per heavy atom. The molecule has 25 heavy (non-hydrogen) atoms. The van der Waals surface area contributed by atoms with Crippen molar-refractivity contribution in [3.05, 3.63) is 50.9 Å². The molecule has 1 aromatic carbocycles. The van der Waals surface area contributed by atoms with Crippen molar-refractivity contribution < 1.29 is 5.11 Å². The van der Waals surface area contributed by atoms with Crippen molar-refractivity contribution in [1.29, 1.82) is 0 Å². The molecule has 0 radical (unpaired) electrons. The fraction of sp³-hybridized carbons (Fsp3) is 0.412. The zero-order valence-corrected chi connectivity index (χ0v) is 15.2. The first kappa shape index (κ1) is 18.2. The lowest BCUT2D eigenvalue weighted by atomic mass is 10.0. The van der Waals surface area contributed by atoms with Gasteiger partial charge in [-0.2, -0.15) is 9.78 Å². The Bertz CT molecular complexity index is 771. The Hall–Kier alpha value is -1.60. The molecule has 1 saturated heterocycles. The second-order valence-corrected chi connectivity index (χ2v) is 6.79. The van der Waals surface area contributed by atoms with Crippen molar-refractivity contribution in [2.24, 2.45) is 0 Å². The van der Waals surface area contributed by atoms with Crippen LogP contribution < -0.4 is 15.8 Å². The van der Waals surface area contributed by atoms with Gasteiger partial charge < -0.3 is 15.3 Å². The second kappa shape index (κ2) is 8.19. The molecule has 2 aromatic rings. The van der Waals surface area contributed by atoms with Gasteiger partial charge in [0.1, 0.15) is 5.02 Å². The molecule has 0 atom stereocenters. The van der Waals surface area contributed by atoms with Crippen molar-refractivity contribution in [3.8, 4) is 5.69 Å².